The number of likely N-dealkylation sites (tertiary alicyclic amines) is 1. The van der Waals surface area contributed by atoms with E-state index in [4.69, 9.17) is 14.6 Å². The molecule has 1 saturated carbocycles. The van der Waals surface area contributed by atoms with Gasteiger partial charge in [-0.15, -0.1) is 0 Å². The molecule has 3 aromatic rings. The van der Waals surface area contributed by atoms with Crippen molar-refractivity contribution in [1.82, 2.24) is 9.47 Å². The first-order chi connectivity index (χ1) is 20.4. The molecule has 1 unspecified atom stereocenters. The molecule has 0 bridgehead atoms. The highest BCUT2D eigenvalue weighted by molar-refractivity contribution is 5.87. The molecule has 2 N–H and O–H groups in total. The van der Waals surface area contributed by atoms with Gasteiger partial charge in [-0.1, -0.05) is 12.5 Å². The van der Waals surface area contributed by atoms with Gasteiger partial charge < -0.3 is 24.3 Å². The summed E-state index contributed by atoms with van der Waals surface area (Å²) in [4.78, 5) is 23.4. The van der Waals surface area contributed by atoms with E-state index in [-0.39, 0.29) is 48.2 Å². The summed E-state index contributed by atoms with van der Waals surface area (Å²) < 4.78 is 57.2. The van der Waals surface area contributed by atoms with Crippen LogP contribution >= 0.6 is 0 Å². The van der Waals surface area contributed by atoms with Crippen molar-refractivity contribution < 1.29 is 42.6 Å². The zero-order valence-electron chi connectivity index (χ0n) is 23.7. The fourth-order valence-corrected chi connectivity index (χ4v) is 5.94. The molecule has 2 fully saturated rings. The lowest BCUT2D eigenvalue weighted by molar-refractivity contribution is -0.384. The number of nitro groups is 1. The van der Waals surface area contributed by atoms with Gasteiger partial charge in [0.05, 0.1) is 24.0 Å². The zero-order chi connectivity index (χ0) is 30.9. The maximum Gasteiger partial charge on any atom is 0.422 e. The van der Waals surface area contributed by atoms with Crippen LogP contribution in [-0.2, 0) is 23.4 Å². The summed E-state index contributed by atoms with van der Waals surface area (Å²) in [6.45, 7) is 0.189. The number of aromatic nitrogens is 1. The number of ether oxygens (including phenoxy) is 2. The number of carbonyl (C=O) groups is 1. The topological polar surface area (TPSA) is 127 Å². The van der Waals surface area contributed by atoms with Gasteiger partial charge in [0.25, 0.3) is 5.69 Å². The van der Waals surface area contributed by atoms with Gasteiger partial charge in [0.1, 0.15) is 6.10 Å². The normalized spacial score (nSPS) is 18.3. The summed E-state index contributed by atoms with van der Waals surface area (Å²) in [6, 6.07) is 8.57. The fraction of sp³-hybridized carbons (Fsp3) is 0.500. The van der Waals surface area contributed by atoms with Gasteiger partial charge in [0.2, 0.25) is 5.60 Å². The zero-order valence-corrected chi connectivity index (χ0v) is 23.7. The van der Waals surface area contributed by atoms with E-state index in [0.717, 1.165) is 19.3 Å². The van der Waals surface area contributed by atoms with Crippen molar-refractivity contribution in [2.45, 2.75) is 63.0 Å². The standard InChI is InChI=1S/C30H34F3N3O7/c1-42-27-13-20(14-28(37)38)5-8-26(27)43-22-9-11-34(12-10-22)18-29(39,30(31,32)33)24-17-35(16-19-3-2-4-19)25-15-21(36(40)41)6-7-23(24)25/h5-8,13,15,17,19,22,39H,2-4,9-12,14,16,18H2,1H3,(H,37,38). The van der Waals surface area contributed by atoms with E-state index in [0.29, 0.717) is 42.0 Å². The Morgan fingerprint density at radius 3 is 2.40 bits per heavy atom. The molecule has 13 heteroatoms. The molecular weight excluding hydrogens is 571 g/mol. The predicted octanol–water partition coefficient (Wildman–Crippen LogP) is 5.28. The van der Waals surface area contributed by atoms with Gasteiger partial charge in [-0.25, -0.2) is 0 Å². The Morgan fingerprint density at radius 1 is 1.09 bits per heavy atom. The van der Waals surface area contributed by atoms with Crippen molar-refractivity contribution in [2.24, 2.45) is 5.92 Å². The van der Waals surface area contributed by atoms with Crippen molar-refractivity contribution in [1.29, 1.82) is 0 Å². The van der Waals surface area contributed by atoms with Crippen molar-refractivity contribution in [3.63, 3.8) is 0 Å². The van der Waals surface area contributed by atoms with Gasteiger partial charge in [0, 0.05) is 55.5 Å². The number of fused-ring (bicyclic) bond motifs is 1. The van der Waals surface area contributed by atoms with Crippen molar-refractivity contribution >= 4 is 22.6 Å². The van der Waals surface area contributed by atoms with E-state index < -0.39 is 29.2 Å². The molecule has 10 nitrogen and oxygen atoms in total. The Morgan fingerprint density at radius 2 is 1.81 bits per heavy atom. The largest absolute Gasteiger partial charge is 0.493 e. The summed E-state index contributed by atoms with van der Waals surface area (Å²) in [5.41, 5.74) is -2.90. The van der Waals surface area contributed by atoms with Gasteiger partial charge in [-0.05, 0) is 55.4 Å². The number of nitrogens with zero attached hydrogens (tertiary/aromatic N) is 3. The minimum Gasteiger partial charge on any atom is -0.493 e. The van der Waals surface area contributed by atoms with Gasteiger partial charge in [-0.3, -0.25) is 19.8 Å². The van der Waals surface area contributed by atoms with Crippen LogP contribution < -0.4 is 9.47 Å². The Bertz CT molecular complexity index is 1500. The van der Waals surface area contributed by atoms with Crippen LogP contribution in [0.4, 0.5) is 18.9 Å². The van der Waals surface area contributed by atoms with Crippen LogP contribution in [0, 0.1) is 16.0 Å². The summed E-state index contributed by atoms with van der Waals surface area (Å²) >= 11 is 0. The summed E-state index contributed by atoms with van der Waals surface area (Å²) in [7, 11) is 1.44. The summed E-state index contributed by atoms with van der Waals surface area (Å²) in [5.74, 6) is 0.0697. The number of benzene rings is 2. The Hall–Kier alpha value is -3.84. The van der Waals surface area contributed by atoms with Gasteiger partial charge >= 0.3 is 12.1 Å². The minimum absolute atomic E-state index is 0.140. The number of methoxy groups -OCH3 is 1. The SMILES string of the molecule is COc1cc(CC(=O)O)ccc1OC1CCN(CC(O)(c2cn(CC3CCC3)c3cc([N+](=O)[O-])ccc23)C(F)(F)F)CC1. The highest BCUT2D eigenvalue weighted by atomic mass is 19.4. The highest BCUT2D eigenvalue weighted by Gasteiger charge is 2.57. The number of β-amino-alcohol motifs (C(OH)–C–C–N with tert-alkyl or cyclic N) is 1. The number of hydrogen-bond donors (Lipinski definition) is 2. The number of nitro benzene ring substituents is 1. The van der Waals surface area contributed by atoms with E-state index >= 15 is 0 Å². The van der Waals surface area contributed by atoms with Crippen LogP contribution in [0.1, 0.15) is 43.2 Å². The molecule has 1 aliphatic heterocycles. The predicted molar refractivity (Wildman–Crippen MR) is 150 cm³/mol. The number of aliphatic hydroxyl groups is 1. The lowest BCUT2D eigenvalue weighted by Crippen LogP contribution is -2.53. The number of hydrogen-bond acceptors (Lipinski definition) is 7. The van der Waals surface area contributed by atoms with E-state index in [1.165, 1.54) is 31.5 Å². The molecule has 5 rings (SSSR count). The smallest absolute Gasteiger partial charge is 0.422 e. The lowest BCUT2D eigenvalue weighted by Gasteiger charge is -2.39. The van der Waals surface area contributed by atoms with Crippen molar-refractivity contribution in [2.75, 3.05) is 26.7 Å². The first-order valence-corrected chi connectivity index (χ1v) is 14.2. The molecule has 0 amide bonds. The Labute approximate surface area is 245 Å². The number of rotatable bonds is 11. The molecule has 43 heavy (non-hydrogen) atoms. The molecule has 0 radical (unpaired) electrons. The molecule has 1 aromatic heterocycles. The maximum atomic E-state index is 14.7. The molecular formula is C30H34F3N3O7. The second-order valence-corrected chi connectivity index (χ2v) is 11.5. The Balaban J connectivity index is 1.35. The number of piperidine rings is 1. The van der Waals surface area contributed by atoms with Crippen LogP contribution in [-0.4, -0.2) is 69.6 Å². The van der Waals surface area contributed by atoms with Crippen LogP contribution in [0.15, 0.2) is 42.6 Å². The van der Waals surface area contributed by atoms with Crippen LogP contribution in [0.25, 0.3) is 10.9 Å². The molecule has 0 spiro atoms. The number of carboxylic acid groups (broad SMARTS) is 1. The third-order valence-corrected chi connectivity index (χ3v) is 8.53. The van der Waals surface area contributed by atoms with Crippen molar-refractivity contribution in [3.8, 4) is 11.5 Å². The summed E-state index contributed by atoms with van der Waals surface area (Å²) in [5, 5.41) is 32.0. The maximum absolute atomic E-state index is 14.7. The van der Waals surface area contributed by atoms with Crippen LogP contribution in [0.5, 0.6) is 11.5 Å². The number of alkyl halides is 3. The van der Waals surface area contributed by atoms with Crippen LogP contribution in [0.3, 0.4) is 0 Å². The van der Waals surface area contributed by atoms with E-state index in [1.54, 1.807) is 27.7 Å². The average Bonchev–Trinajstić information content (AvgIpc) is 3.29. The Kier molecular flexibility index (Phi) is 8.57. The van der Waals surface area contributed by atoms with E-state index in [1.807, 2.05) is 0 Å². The number of aliphatic carboxylic acids is 1. The molecule has 1 aliphatic carbocycles. The summed E-state index contributed by atoms with van der Waals surface area (Å²) in [6.07, 6.45) is -0.503. The number of halogens is 3. The molecule has 2 aliphatic rings. The van der Waals surface area contributed by atoms with Gasteiger partial charge in [0.15, 0.2) is 11.5 Å². The molecule has 1 saturated heterocycles. The second kappa shape index (κ2) is 12.0. The first-order valence-electron chi connectivity index (χ1n) is 14.2. The number of carboxylic acids is 1. The fourth-order valence-electron chi connectivity index (χ4n) is 5.94. The lowest BCUT2D eigenvalue weighted by atomic mass is 9.85. The monoisotopic (exact) mass is 605 g/mol. The van der Waals surface area contributed by atoms with E-state index in [9.17, 15) is 33.2 Å². The number of non-ortho nitro benzene ring substituents is 1. The highest BCUT2D eigenvalue weighted by Crippen LogP contribution is 2.45. The second-order valence-electron chi connectivity index (χ2n) is 11.5. The first kappa shape index (κ1) is 30.6. The van der Waals surface area contributed by atoms with Crippen LogP contribution in [0.2, 0.25) is 0 Å². The molecule has 232 valence electrons. The molecule has 2 heterocycles. The average molecular weight is 606 g/mol. The molecule has 1 atom stereocenters. The molecule has 2 aromatic carbocycles. The van der Waals surface area contributed by atoms with Crippen molar-refractivity contribution in [3.05, 3.63) is 63.8 Å². The third kappa shape index (κ3) is 6.42. The van der Waals surface area contributed by atoms with Gasteiger partial charge in [-0.2, -0.15) is 13.2 Å². The quantitative estimate of drug-likeness (QED) is 0.223. The third-order valence-electron chi connectivity index (χ3n) is 8.53. The minimum atomic E-state index is -5.01. The van der Waals surface area contributed by atoms with E-state index in [2.05, 4.69) is 0 Å².